The largest absolute Gasteiger partial charge is 0.495 e. The summed E-state index contributed by atoms with van der Waals surface area (Å²) in [5, 5.41) is 12.4. The average molecular weight is 492 g/mol. The molecule has 1 aromatic heterocycles. The lowest BCUT2D eigenvalue weighted by Crippen LogP contribution is -2.41. The molecule has 0 unspecified atom stereocenters. The molecule has 0 atom stereocenters. The molecule has 0 aliphatic heterocycles. The summed E-state index contributed by atoms with van der Waals surface area (Å²) >= 11 is 0. The van der Waals surface area contributed by atoms with E-state index in [4.69, 9.17) is 4.74 Å². The SMILES string of the molecule is COc1cc(C(=O)NC2CCCCC2)ccc1Nc1cc(Nc2c(NC(C)(C)C)c(=O)c2=O)ccn1. The van der Waals surface area contributed by atoms with Crippen LogP contribution in [0.25, 0.3) is 0 Å². The third kappa shape index (κ3) is 5.84. The van der Waals surface area contributed by atoms with Gasteiger partial charge < -0.3 is 26.0 Å². The van der Waals surface area contributed by atoms with E-state index in [-0.39, 0.29) is 28.9 Å². The Labute approximate surface area is 210 Å². The standard InChI is InChI=1S/C27H33N5O4/c1-27(2,3)32-23-22(24(33)25(23)34)29-18-12-13-28-21(15-18)31-19-11-10-16(14-20(19)36-4)26(35)30-17-8-6-5-7-9-17/h10-15,17,32H,5-9H2,1-4H3,(H,30,35)(H2,28,29,31). The lowest BCUT2D eigenvalue weighted by molar-refractivity contribution is 0.0927. The van der Waals surface area contributed by atoms with Crippen molar-refractivity contribution in [1.82, 2.24) is 10.3 Å². The fourth-order valence-electron chi connectivity index (χ4n) is 4.32. The smallest absolute Gasteiger partial charge is 0.253 e. The van der Waals surface area contributed by atoms with Gasteiger partial charge in [-0.15, -0.1) is 0 Å². The molecule has 190 valence electrons. The quantitative estimate of drug-likeness (QED) is 0.341. The number of ether oxygens (including phenoxy) is 1. The first-order valence-electron chi connectivity index (χ1n) is 12.2. The summed E-state index contributed by atoms with van der Waals surface area (Å²) < 4.78 is 5.52. The summed E-state index contributed by atoms with van der Waals surface area (Å²) in [5.41, 5.74) is 0.832. The molecule has 9 heteroatoms. The van der Waals surface area contributed by atoms with Gasteiger partial charge in [0, 0.05) is 35.1 Å². The van der Waals surface area contributed by atoms with Gasteiger partial charge in [-0.25, -0.2) is 4.98 Å². The number of benzene rings is 1. The van der Waals surface area contributed by atoms with Crippen molar-refractivity contribution >= 4 is 34.5 Å². The maximum Gasteiger partial charge on any atom is 0.253 e. The van der Waals surface area contributed by atoms with Crippen LogP contribution in [0, 0.1) is 0 Å². The lowest BCUT2D eigenvalue weighted by atomic mass is 9.95. The summed E-state index contributed by atoms with van der Waals surface area (Å²) in [5.74, 6) is 0.899. The molecule has 0 radical (unpaired) electrons. The maximum atomic E-state index is 12.7. The fraction of sp³-hybridized carbons (Fsp3) is 0.407. The minimum absolute atomic E-state index is 0.108. The van der Waals surface area contributed by atoms with Crippen molar-refractivity contribution < 1.29 is 9.53 Å². The number of nitrogens with one attached hydrogen (secondary N) is 4. The van der Waals surface area contributed by atoms with Gasteiger partial charge >= 0.3 is 0 Å². The molecule has 9 nitrogen and oxygen atoms in total. The molecule has 1 amide bonds. The topological polar surface area (TPSA) is 121 Å². The van der Waals surface area contributed by atoms with Crippen molar-refractivity contribution in [3.8, 4) is 5.75 Å². The maximum absolute atomic E-state index is 12.7. The highest BCUT2D eigenvalue weighted by Gasteiger charge is 2.25. The third-order valence-electron chi connectivity index (χ3n) is 6.11. The van der Waals surface area contributed by atoms with Crippen LogP contribution in [0.15, 0.2) is 46.1 Å². The highest BCUT2D eigenvalue weighted by atomic mass is 16.5. The van der Waals surface area contributed by atoms with Crippen LogP contribution < -0.4 is 36.9 Å². The number of methoxy groups -OCH3 is 1. The number of anilines is 5. The number of carbonyl (C=O) groups is 1. The molecule has 36 heavy (non-hydrogen) atoms. The first kappa shape index (κ1) is 25.2. The molecule has 1 saturated carbocycles. The summed E-state index contributed by atoms with van der Waals surface area (Å²) in [6.45, 7) is 5.75. The van der Waals surface area contributed by atoms with Crippen LogP contribution in [0.5, 0.6) is 5.75 Å². The molecule has 0 spiro atoms. The third-order valence-corrected chi connectivity index (χ3v) is 6.11. The number of hydrogen-bond donors (Lipinski definition) is 4. The molecular formula is C27H33N5O4. The first-order valence-corrected chi connectivity index (χ1v) is 12.2. The summed E-state index contributed by atoms with van der Waals surface area (Å²) in [7, 11) is 1.55. The lowest BCUT2D eigenvalue weighted by Gasteiger charge is -2.25. The van der Waals surface area contributed by atoms with Crippen LogP contribution in [0.2, 0.25) is 0 Å². The predicted molar refractivity (Wildman–Crippen MR) is 143 cm³/mol. The van der Waals surface area contributed by atoms with Crippen LogP contribution in [0.1, 0.15) is 63.2 Å². The minimum Gasteiger partial charge on any atom is -0.495 e. The molecule has 1 aliphatic carbocycles. The molecule has 3 aromatic rings. The molecule has 1 aliphatic rings. The van der Waals surface area contributed by atoms with Gasteiger partial charge in [-0.2, -0.15) is 0 Å². The van der Waals surface area contributed by atoms with E-state index in [1.807, 2.05) is 20.8 Å². The molecule has 4 rings (SSSR count). The van der Waals surface area contributed by atoms with Crippen molar-refractivity contribution in [3.05, 3.63) is 62.5 Å². The molecule has 0 bridgehead atoms. The summed E-state index contributed by atoms with van der Waals surface area (Å²) in [4.78, 5) is 41.2. The zero-order valence-corrected chi connectivity index (χ0v) is 21.2. The van der Waals surface area contributed by atoms with Gasteiger partial charge in [-0.1, -0.05) is 19.3 Å². The van der Waals surface area contributed by atoms with E-state index in [0.29, 0.717) is 28.5 Å². The molecule has 2 aromatic carbocycles. The zero-order valence-electron chi connectivity index (χ0n) is 21.2. The van der Waals surface area contributed by atoms with Gasteiger partial charge in [-0.3, -0.25) is 14.4 Å². The summed E-state index contributed by atoms with van der Waals surface area (Å²) in [6.07, 6.45) is 7.15. The second kappa shape index (κ2) is 10.4. The number of rotatable bonds is 8. The number of amides is 1. The Balaban J connectivity index is 1.48. The van der Waals surface area contributed by atoms with Gasteiger partial charge in [0.05, 0.1) is 12.8 Å². The van der Waals surface area contributed by atoms with Gasteiger partial charge in [0.25, 0.3) is 16.8 Å². The second-order valence-electron chi connectivity index (χ2n) is 10.2. The van der Waals surface area contributed by atoms with Gasteiger partial charge in [0.15, 0.2) is 0 Å². The zero-order chi connectivity index (χ0) is 25.9. The Morgan fingerprint density at radius 2 is 1.69 bits per heavy atom. The van der Waals surface area contributed by atoms with E-state index in [1.54, 1.807) is 43.6 Å². The molecule has 0 saturated heterocycles. The second-order valence-corrected chi connectivity index (χ2v) is 10.2. The van der Waals surface area contributed by atoms with Crippen LogP contribution >= 0.6 is 0 Å². The Morgan fingerprint density at radius 1 is 0.972 bits per heavy atom. The molecular weight excluding hydrogens is 458 g/mol. The van der Waals surface area contributed by atoms with Crippen molar-refractivity contribution in [1.29, 1.82) is 0 Å². The Morgan fingerprint density at radius 3 is 2.39 bits per heavy atom. The Bertz CT molecular complexity index is 1310. The predicted octanol–water partition coefficient (Wildman–Crippen LogP) is 4.45. The Hall–Kier alpha value is -3.88. The molecule has 1 fully saturated rings. The average Bonchev–Trinajstić information content (AvgIpc) is 2.86. The van der Waals surface area contributed by atoms with E-state index in [0.717, 1.165) is 25.7 Å². The van der Waals surface area contributed by atoms with E-state index in [2.05, 4.69) is 26.3 Å². The number of carbonyl (C=O) groups excluding carboxylic acids is 1. The number of aromatic nitrogens is 1. The van der Waals surface area contributed by atoms with Gasteiger partial charge in [0.1, 0.15) is 22.9 Å². The summed E-state index contributed by atoms with van der Waals surface area (Å²) in [6, 6.07) is 8.88. The van der Waals surface area contributed by atoms with Crippen LogP contribution in [-0.4, -0.2) is 29.6 Å². The van der Waals surface area contributed by atoms with Crippen molar-refractivity contribution in [2.75, 3.05) is 23.1 Å². The van der Waals surface area contributed by atoms with Crippen LogP contribution in [-0.2, 0) is 0 Å². The normalized spacial score (nSPS) is 14.3. The van der Waals surface area contributed by atoms with E-state index < -0.39 is 10.9 Å². The van der Waals surface area contributed by atoms with E-state index in [1.165, 1.54) is 6.42 Å². The Kier molecular flexibility index (Phi) is 7.28. The van der Waals surface area contributed by atoms with Gasteiger partial charge in [-0.05, 0) is 57.9 Å². The highest BCUT2D eigenvalue weighted by molar-refractivity contribution is 5.95. The fourth-order valence-corrected chi connectivity index (χ4v) is 4.32. The van der Waals surface area contributed by atoms with Gasteiger partial charge in [0.2, 0.25) is 0 Å². The first-order chi connectivity index (χ1) is 17.1. The van der Waals surface area contributed by atoms with Crippen molar-refractivity contribution in [3.63, 3.8) is 0 Å². The minimum atomic E-state index is -0.558. The number of nitrogens with zero attached hydrogens (tertiary/aromatic N) is 1. The monoisotopic (exact) mass is 491 g/mol. The number of pyridine rings is 1. The van der Waals surface area contributed by atoms with Crippen LogP contribution in [0.4, 0.5) is 28.6 Å². The van der Waals surface area contributed by atoms with E-state index >= 15 is 0 Å². The molecule has 4 N–H and O–H groups in total. The van der Waals surface area contributed by atoms with Crippen molar-refractivity contribution in [2.45, 2.75) is 64.5 Å². The van der Waals surface area contributed by atoms with Crippen molar-refractivity contribution in [2.24, 2.45) is 0 Å². The molecule has 1 heterocycles. The number of hydrogen-bond acceptors (Lipinski definition) is 8. The highest BCUT2D eigenvalue weighted by Crippen LogP contribution is 2.30. The van der Waals surface area contributed by atoms with Crippen LogP contribution in [0.3, 0.4) is 0 Å². The van der Waals surface area contributed by atoms with E-state index in [9.17, 15) is 14.4 Å².